The zero-order valence-corrected chi connectivity index (χ0v) is 15.9. The summed E-state index contributed by atoms with van der Waals surface area (Å²) in [6.07, 6.45) is -6.23. The second-order valence-corrected chi connectivity index (χ2v) is 6.84. The molecule has 3 rings (SSSR count). The number of carbonyl (C=O) groups is 1. The molecule has 3 aromatic rings. The summed E-state index contributed by atoms with van der Waals surface area (Å²) in [5.74, 6) is -1.32. The summed E-state index contributed by atoms with van der Waals surface area (Å²) in [5.41, 5.74) is -1.10. The number of carboxylic acids is 1. The Hall–Kier alpha value is -2.36. The highest BCUT2D eigenvalue weighted by Gasteiger charge is 2.34. The van der Waals surface area contributed by atoms with Gasteiger partial charge in [-0.1, -0.05) is 23.2 Å². The molecule has 1 aromatic carbocycles. The van der Waals surface area contributed by atoms with Crippen LogP contribution in [0.15, 0.2) is 18.2 Å². The number of nitrogens with zero attached hydrogens (tertiary/aromatic N) is 3. The lowest BCUT2D eigenvalue weighted by Gasteiger charge is -2.15. The number of fused-ring (bicyclic) bond motifs is 1. The van der Waals surface area contributed by atoms with Gasteiger partial charge in [0.05, 0.1) is 22.0 Å². The first-order valence-corrected chi connectivity index (χ1v) is 8.52. The second kappa shape index (κ2) is 6.91. The Balaban J connectivity index is 2.23. The van der Waals surface area contributed by atoms with Gasteiger partial charge < -0.3 is 10.2 Å². The Morgan fingerprint density at radius 2 is 1.89 bits per heavy atom. The fourth-order valence-corrected chi connectivity index (χ4v) is 3.47. The van der Waals surface area contributed by atoms with Crippen molar-refractivity contribution < 1.29 is 28.2 Å². The van der Waals surface area contributed by atoms with Crippen molar-refractivity contribution in [3.63, 3.8) is 0 Å². The number of aromatic nitrogens is 3. The van der Waals surface area contributed by atoms with Crippen LogP contribution in [0.3, 0.4) is 0 Å². The van der Waals surface area contributed by atoms with Crippen LogP contribution in [-0.2, 0) is 6.18 Å². The summed E-state index contributed by atoms with van der Waals surface area (Å²) in [6, 6.07) is 3.29. The van der Waals surface area contributed by atoms with Gasteiger partial charge in [-0.15, -0.1) is 0 Å². The molecule has 0 saturated heterocycles. The number of carboxylic acid groups (broad SMARTS) is 1. The number of imidazole rings is 1. The lowest BCUT2D eigenvalue weighted by atomic mass is 10.0. The van der Waals surface area contributed by atoms with Gasteiger partial charge in [0, 0.05) is 10.6 Å². The number of hydrogen-bond acceptors (Lipinski definition) is 4. The van der Waals surface area contributed by atoms with Crippen LogP contribution in [0.4, 0.5) is 13.2 Å². The molecule has 0 spiro atoms. The molecule has 1 atom stereocenters. The SMILES string of the molecule is Cc1cc(C(F)(F)F)nn2c(C)c(C(O)c3c(Cl)ccc(C(=O)O)c3Cl)nc12. The molecule has 0 radical (unpaired) electrons. The van der Waals surface area contributed by atoms with E-state index in [1.807, 2.05) is 0 Å². The van der Waals surface area contributed by atoms with Crippen LogP contribution in [0.25, 0.3) is 5.65 Å². The molecule has 0 aliphatic heterocycles. The summed E-state index contributed by atoms with van der Waals surface area (Å²) in [6.45, 7) is 2.86. The highest BCUT2D eigenvalue weighted by molar-refractivity contribution is 6.38. The van der Waals surface area contributed by atoms with Crippen LogP contribution in [0, 0.1) is 13.8 Å². The van der Waals surface area contributed by atoms with Crippen LogP contribution in [0.5, 0.6) is 0 Å². The highest BCUT2D eigenvalue weighted by Crippen LogP contribution is 2.37. The van der Waals surface area contributed by atoms with Gasteiger partial charge in [0.25, 0.3) is 0 Å². The number of halogens is 5. The van der Waals surface area contributed by atoms with Crippen molar-refractivity contribution in [1.29, 1.82) is 0 Å². The lowest BCUT2D eigenvalue weighted by molar-refractivity contribution is -0.141. The molecular weight excluding hydrogens is 422 g/mol. The van der Waals surface area contributed by atoms with Crippen LogP contribution < -0.4 is 0 Å². The monoisotopic (exact) mass is 433 g/mol. The summed E-state index contributed by atoms with van der Waals surface area (Å²) in [7, 11) is 0. The third-order valence-corrected chi connectivity index (χ3v) is 4.95. The second-order valence-electron chi connectivity index (χ2n) is 6.06. The van der Waals surface area contributed by atoms with Crippen LogP contribution in [0.1, 0.15) is 44.7 Å². The predicted molar refractivity (Wildman–Crippen MR) is 94.9 cm³/mol. The number of rotatable bonds is 3. The van der Waals surface area contributed by atoms with Crippen molar-refractivity contribution in [2.45, 2.75) is 26.1 Å². The third-order valence-electron chi connectivity index (χ3n) is 4.21. The molecule has 0 aliphatic carbocycles. The molecule has 2 heterocycles. The van der Waals surface area contributed by atoms with Gasteiger partial charge in [0.1, 0.15) is 6.10 Å². The molecule has 2 aromatic heterocycles. The van der Waals surface area contributed by atoms with Crippen molar-refractivity contribution in [3.8, 4) is 0 Å². The van der Waals surface area contributed by atoms with Crippen LogP contribution >= 0.6 is 23.2 Å². The average molecular weight is 434 g/mol. The first-order valence-electron chi connectivity index (χ1n) is 7.76. The first kappa shape index (κ1) is 20.4. The van der Waals surface area contributed by atoms with Gasteiger partial charge in [0.2, 0.25) is 0 Å². The molecule has 0 aliphatic rings. The Bertz CT molecular complexity index is 1110. The predicted octanol–water partition coefficient (Wildman–Crippen LogP) is 4.45. The molecule has 11 heteroatoms. The van der Waals surface area contributed by atoms with E-state index in [2.05, 4.69) is 10.1 Å². The topological polar surface area (TPSA) is 87.7 Å². The quantitative estimate of drug-likeness (QED) is 0.636. The highest BCUT2D eigenvalue weighted by atomic mass is 35.5. The van der Waals surface area contributed by atoms with Gasteiger partial charge in [0.15, 0.2) is 11.3 Å². The molecule has 0 saturated carbocycles. The van der Waals surface area contributed by atoms with E-state index in [4.69, 9.17) is 23.2 Å². The fraction of sp³-hybridized carbons (Fsp3) is 0.235. The fourth-order valence-electron chi connectivity index (χ4n) is 2.81. The summed E-state index contributed by atoms with van der Waals surface area (Å²) >= 11 is 12.2. The molecular formula is C17H12Cl2F3N3O3. The number of alkyl halides is 3. The van der Waals surface area contributed by atoms with Gasteiger partial charge >= 0.3 is 12.1 Å². The maximum atomic E-state index is 13.0. The summed E-state index contributed by atoms with van der Waals surface area (Å²) in [4.78, 5) is 15.5. The van der Waals surface area contributed by atoms with Gasteiger partial charge in [-0.05, 0) is 37.6 Å². The van der Waals surface area contributed by atoms with Crippen molar-refractivity contribution in [3.05, 3.63) is 62.0 Å². The van der Waals surface area contributed by atoms with E-state index in [0.29, 0.717) is 0 Å². The zero-order valence-electron chi connectivity index (χ0n) is 14.3. The molecule has 28 heavy (non-hydrogen) atoms. The largest absolute Gasteiger partial charge is 0.478 e. The van der Waals surface area contributed by atoms with E-state index in [-0.39, 0.29) is 43.8 Å². The van der Waals surface area contributed by atoms with E-state index in [1.165, 1.54) is 26.0 Å². The molecule has 0 fully saturated rings. The number of aromatic carboxylic acids is 1. The standard InChI is InChI=1S/C17H12Cl2F3N3O3/c1-6-5-10(17(20,21)22)24-25-7(2)13(23-15(6)25)14(26)11-9(18)4-3-8(12(11)19)16(27)28/h3-5,14,26H,1-2H3,(H,27,28). The van der Waals surface area contributed by atoms with Crippen LogP contribution in [0.2, 0.25) is 10.0 Å². The number of aryl methyl sites for hydroxylation is 2. The van der Waals surface area contributed by atoms with E-state index in [1.54, 1.807) is 0 Å². The van der Waals surface area contributed by atoms with E-state index in [9.17, 15) is 28.2 Å². The molecule has 0 bridgehead atoms. The number of benzene rings is 1. The molecule has 6 nitrogen and oxygen atoms in total. The van der Waals surface area contributed by atoms with E-state index < -0.39 is 23.9 Å². The van der Waals surface area contributed by atoms with Crippen molar-refractivity contribution >= 4 is 34.8 Å². The smallest absolute Gasteiger partial charge is 0.435 e. The first-order chi connectivity index (χ1) is 12.9. The molecule has 148 valence electrons. The Labute approximate surface area is 166 Å². The maximum Gasteiger partial charge on any atom is 0.435 e. The minimum atomic E-state index is -4.66. The molecule has 1 unspecified atom stereocenters. The van der Waals surface area contributed by atoms with E-state index in [0.717, 1.165) is 10.6 Å². The number of hydrogen-bond donors (Lipinski definition) is 2. The Kier molecular flexibility index (Phi) is 5.03. The molecule has 2 N–H and O–H groups in total. The summed E-state index contributed by atoms with van der Waals surface area (Å²) < 4.78 is 40.1. The summed E-state index contributed by atoms with van der Waals surface area (Å²) in [5, 5.41) is 23.2. The number of aliphatic hydroxyl groups is 1. The third kappa shape index (κ3) is 3.30. The number of aliphatic hydroxyl groups excluding tert-OH is 1. The van der Waals surface area contributed by atoms with Crippen molar-refractivity contribution in [2.24, 2.45) is 0 Å². The minimum absolute atomic E-state index is 0.0142. The zero-order chi connectivity index (χ0) is 21.0. The Morgan fingerprint density at radius 1 is 1.25 bits per heavy atom. The normalized spacial score (nSPS) is 13.1. The van der Waals surface area contributed by atoms with Gasteiger partial charge in [-0.25, -0.2) is 14.3 Å². The maximum absolute atomic E-state index is 13.0. The van der Waals surface area contributed by atoms with Crippen LogP contribution in [-0.4, -0.2) is 30.8 Å². The minimum Gasteiger partial charge on any atom is -0.478 e. The lowest BCUT2D eigenvalue weighted by Crippen LogP contribution is -2.12. The molecule has 0 amide bonds. The van der Waals surface area contributed by atoms with Crippen molar-refractivity contribution in [2.75, 3.05) is 0 Å². The van der Waals surface area contributed by atoms with Gasteiger partial charge in [-0.2, -0.15) is 18.3 Å². The average Bonchev–Trinajstić information content (AvgIpc) is 2.91. The van der Waals surface area contributed by atoms with E-state index >= 15 is 0 Å². The Morgan fingerprint density at radius 3 is 2.46 bits per heavy atom. The van der Waals surface area contributed by atoms with Gasteiger partial charge in [-0.3, -0.25) is 0 Å². The van der Waals surface area contributed by atoms with Crippen molar-refractivity contribution in [1.82, 2.24) is 14.6 Å².